The lowest BCUT2D eigenvalue weighted by atomic mass is 10.0. The van der Waals surface area contributed by atoms with Gasteiger partial charge in [-0.15, -0.1) is 0 Å². The van der Waals surface area contributed by atoms with Crippen molar-refractivity contribution >= 4 is 35.2 Å². The Kier molecular flexibility index (Phi) is 6.15. The highest BCUT2D eigenvalue weighted by atomic mass is 16.2. The van der Waals surface area contributed by atoms with Gasteiger partial charge in [0.2, 0.25) is 11.8 Å². The molecule has 1 aliphatic heterocycles. The third-order valence-electron chi connectivity index (χ3n) is 5.07. The number of carbonyl (C=O) groups is 5. The van der Waals surface area contributed by atoms with Crippen LogP contribution in [0.5, 0.6) is 0 Å². The van der Waals surface area contributed by atoms with Crippen LogP contribution in [0, 0.1) is 0 Å². The predicted octanol–water partition coefficient (Wildman–Crippen LogP) is 1.50. The van der Waals surface area contributed by atoms with E-state index in [2.05, 4.69) is 5.32 Å². The Bertz CT molecular complexity index is 1080. The van der Waals surface area contributed by atoms with E-state index < -0.39 is 17.7 Å². The molecule has 31 heavy (non-hydrogen) atoms. The van der Waals surface area contributed by atoms with Crippen molar-refractivity contribution < 1.29 is 24.0 Å². The van der Waals surface area contributed by atoms with Gasteiger partial charge in [-0.25, -0.2) is 0 Å². The van der Waals surface area contributed by atoms with Crippen molar-refractivity contribution in [2.24, 2.45) is 5.73 Å². The normalized spacial score (nSPS) is 12.5. The van der Waals surface area contributed by atoms with Gasteiger partial charge >= 0.3 is 0 Å². The van der Waals surface area contributed by atoms with Crippen molar-refractivity contribution in [2.75, 3.05) is 25.5 Å². The monoisotopic (exact) mass is 422 g/mol. The third kappa shape index (κ3) is 4.45. The number of fused-ring (bicyclic) bond motifs is 1. The summed E-state index contributed by atoms with van der Waals surface area (Å²) < 4.78 is 0. The fraction of sp³-hybridized carbons (Fsp3) is 0.227. The highest BCUT2D eigenvalue weighted by Gasteiger charge is 2.33. The summed E-state index contributed by atoms with van der Waals surface area (Å²) in [5, 5.41) is 2.70. The summed E-state index contributed by atoms with van der Waals surface area (Å²) in [6.45, 7) is 2.32. The van der Waals surface area contributed by atoms with Crippen LogP contribution in [0.15, 0.2) is 42.5 Å². The zero-order valence-electron chi connectivity index (χ0n) is 17.2. The molecule has 3 N–H and O–H groups in total. The van der Waals surface area contributed by atoms with Gasteiger partial charge in [-0.2, -0.15) is 0 Å². The van der Waals surface area contributed by atoms with Gasteiger partial charge < -0.3 is 16.0 Å². The Balaban J connectivity index is 1.63. The molecule has 160 valence electrons. The number of primary amides is 1. The smallest absolute Gasteiger partial charge is 0.261 e. The summed E-state index contributed by atoms with van der Waals surface area (Å²) in [4.78, 5) is 62.9. The van der Waals surface area contributed by atoms with Crippen LogP contribution in [0.25, 0.3) is 0 Å². The summed E-state index contributed by atoms with van der Waals surface area (Å²) in [6, 6.07) is 10.6. The van der Waals surface area contributed by atoms with Gasteiger partial charge in [0, 0.05) is 43.4 Å². The minimum absolute atomic E-state index is 0.0578. The van der Waals surface area contributed by atoms with Crippen molar-refractivity contribution in [3.8, 4) is 0 Å². The maximum Gasteiger partial charge on any atom is 0.261 e. The lowest BCUT2D eigenvalue weighted by molar-refractivity contribution is -0.116. The van der Waals surface area contributed by atoms with E-state index in [-0.39, 0.29) is 41.5 Å². The number of carbonyl (C=O) groups excluding carboxylic acids is 5. The van der Waals surface area contributed by atoms with Crippen LogP contribution >= 0.6 is 0 Å². The Hall–Kier alpha value is -4.01. The molecule has 0 saturated carbocycles. The molecule has 0 radical (unpaired) electrons. The lowest BCUT2D eigenvalue weighted by Gasteiger charge is -2.21. The number of amides is 5. The number of nitrogens with one attached hydrogen (secondary N) is 1. The number of anilines is 1. The number of rotatable bonds is 7. The van der Waals surface area contributed by atoms with Gasteiger partial charge in [-0.05, 0) is 49.4 Å². The predicted molar refractivity (Wildman–Crippen MR) is 113 cm³/mol. The molecule has 0 aromatic heterocycles. The fourth-order valence-corrected chi connectivity index (χ4v) is 3.26. The maximum atomic E-state index is 12.9. The Morgan fingerprint density at radius 2 is 1.58 bits per heavy atom. The molecule has 0 bridgehead atoms. The Labute approximate surface area is 178 Å². The number of benzene rings is 2. The van der Waals surface area contributed by atoms with Crippen LogP contribution in [0.1, 0.15) is 54.8 Å². The lowest BCUT2D eigenvalue weighted by Crippen LogP contribution is -2.33. The summed E-state index contributed by atoms with van der Waals surface area (Å²) in [5.41, 5.74) is 6.78. The quantitative estimate of drug-likeness (QED) is 0.653. The number of nitrogens with zero attached hydrogens (tertiary/aromatic N) is 2. The topological polar surface area (TPSA) is 130 Å². The molecular formula is C22H22N4O5. The second-order valence-electron chi connectivity index (χ2n) is 7.05. The second-order valence-corrected chi connectivity index (χ2v) is 7.05. The molecule has 0 fully saturated rings. The molecule has 0 unspecified atom stereocenters. The molecular weight excluding hydrogens is 400 g/mol. The van der Waals surface area contributed by atoms with Gasteiger partial charge in [0.15, 0.2) is 0 Å². The highest BCUT2D eigenvalue weighted by Crippen LogP contribution is 2.23. The molecule has 0 aliphatic carbocycles. The highest BCUT2D eigenvalue weighted by molar-refractivity contribution is 6.21. The molecule has 3 rings (SSSR count). The average Bonchev–Trinajstić information content (AvgIpc) is 2.98. The molecule has 0 spiro atoms. The maximum absolute atomic E-state index is 12.9. The number of hydrogen-bond acceptors (Lipinski definition) is 5. The minimum Gasteiger partial charge on any atom is -0.366 e. The van der Waals surface area contributed by atoms with Gasteiger partial charge in [0.1, 0.15) is 0 Å². The summed E-state index contributed by atoms with van der Waals surface area (Å²) in [7, 11) is 1.39. The Morgan fingerprint density at radius 3 is 2.19 bits per heavy atom. The van der Waals surface area contributed by atoms with Crippen molar-refractivity contribution in [1.29, 1.82) is 0 Å². The fourth-order valence-electron chi connectivity index (χ4n) is 3.26. The molecule has 2 aromatic rings. The largest absolute Gasteiger partial charge is 0.366 e. The van der Waals surface area contributed by atoms with Gasteiger partial charge in [-0.1, -0.05) is 0 Å². The average molecular weight is 422 g/mol. The second kappa shape index (κ2) is 8.78. The van der Waals surface area contributed by atoms with E-state index in [1.165, 1.54) is 42.3 Å². The van der Waals surface area contributed by atoms with Gasteiger partial charge in [-0.3, -0.25) is 28.9 Å². The SMILES string of the molecule is CCN(CCC(=O)Nc1ccc(C(N)=O)cc1)C(=O)c1ccc2c(c1)C(=O)N(C)C2=O. The standard InChI is InChI=1S/C22H22N4O5/c1-3-26(11-10-18(27)24-15-7-4-13(5-8-15)19(23)28)20(29)14-6-9-16-17(12-14)22(31)25(2)21(16)30/h4-9,12H,3,10-11H2,1-2H3,(H2,23,28)(H,24,27). The van der Waals surface area contributed by atoms with Crippen molar-refractivity contribution in [1.82, 2.24) is 9.80 Å². The minimum atomic E-state index is -0.556. The molecule has 1 aliphatic rings. The first kappa shape index (κ1) is 21.7. The number of hydrogen-bond donors (Lipinski definition) is 2. The Morgan fingerprint density at radius 1 is 0.968 bits per heavy atom. The van der Waals surface area contributed by atoms with E-state index in [1.807, 2.05) is 0 Å². The molecule has 9 nitrogen and oxygen atoms in total. The van der Waals surface area contributed by atoms with Gasteiger partial charge in [0.25, 0.3) is 17.7 Å². The van der Waals surface area contributed by atoms with Crippen LogP contribution in [-0.4, -0.2) is 59.5 Å². The first-order chi connectivity index (χ1) is 14.7. The molecule has 1 heterocycles. The van der Waals surface area contributed by atoms with E-state index >= 15 is 0 Å². The third-order valence-corrected chi connectivity index (χ3v) is 5.07. The van der Waals surface area contributed by atoms with E-state index in [9.17, 15) is 24.0 Å². The van der Waals surface area contributed by atoms with Crippen molar-refractivity contribution in [2.45, 2.75) is 13.3 Å². The van der Waals surface area contributed by atoms with Gasteiger partial charge in [0.05, 0.1) is 11.1 Å². The van der Waals surface area contributed by atoms with Crippen molar-refractivity contribution in [3.63, 3.8) is 0 Å². The number of imide groups is 1. The molecule has 5 amide bonds. The zero-order chi connectivity index (χ0) is 22.7. The van der Waals surface area contributed by atoms with E-state index in [0.717, 1.165) is 4.90 Å². The summed E-state index contributed by atoms with van der Waals surface area (Å²) in [5.74, 6) is -2.03. The van der Waals surface area contributed by atoms with Crippen LogP contribution < -0.4 is 11.1 Å². The summed E-state index contributed by atoms with van der Waals surface area (Å²) >= 11 is 0. The first-order valence-corrected chi connectivity index (χ1v) is 9.68. The molecule has 9 heteroatoms. The van der Waals surface area contributed by atoms with Crippen LogP contribution in [0.2, 0.25) is 0 Å². The zero-order valence-corrected chi connectivity index (χ0v) is 17.2. The molecule has 2 aromatic carbocycles. The van der Waals surface area contributed by atoms with Crippen molar-refractivity contribution in [3.05, 3.63) is 64.7 Å². The molecule has 0 saturated heterocycles. The van der Waals surface area contributed by atoms with E-state index in [1.54, 1.807) is 19.1 Å². The summed E-state index contributed by atoms with van der Waals surface area (Å²) in [6.07, 6.45) is 0.0578. The first-order valence-electron chi connectivity index (χ1n) is 9.68. The van der Waals surface area contributed by atoms with Crippen LogP contribution in [0.3, 0.4) is 0 Å². The van der Waals surface area contributed by atoms with Crippen LogP contribution in [-0.2, 0) is 4.79 Å². The van der Waals surface area contributed by atoms with E-state index in [4.69, 9.17) is 5.73 Å². The van der Waals surface area contributed by atoms with E-state index in [0.29, 0.717) is 17.8 Å². The molecule has 0 atom stereocenters. The number of nitrogens with two attached hydrogens (primary N) is 1. The van der Waals surface area contributed by atoms with Crippen LogP contribution in [0.4, 0.5) is 5.69 Å².